The van der Waals surface area contributed by atoms with Crippen molar-refractivity contribution in [2.75, 3.05) is 19.0 Å². The quantitative estimate of drug-likeness (QED) is 0.588. The van der Waals surface area contributed by atoms with E-state index in [4.69, 9.17) is 23.2 Å². The number of halogens is 2. The molecule has 21 heavy (non-hydrogen) atoms. The number of carbonyl (C=O) groups excluding carboxylic acids is 2. The second-order valence-corrected chi connectivity index (χ2v) is 5.18. The molecule has 0 aliphatic carbocycles. The van der Waals surface area contributed by atoms with Crippen LogP contribution in [0.1, 0.15) is 25.7 Å². The number of carbonyl (C=O) groups is 2. The van der Waals surface area contributed by atoms with Crippen LogP contribution >= 0.6 is 23.2 Å². The zero-order valence-corrected chi connectivity index (χ0v) is 13.3. The third-order valence-corrected chi connectivity index (χ3v) is 3.40. The van der Waals surface area contributed by atoms with Crippen LogP contribution in [-0.2, 0) is 9.53 Å². The van der Waals surface area contributed by atoms with Crippen LogP contribution in [0.2, 0.25) is 10.0 Å². The zero-order chi connectivity index (χ0) is 15.7. The fraction of sp³-hybridized carbons (Fsp3) is 0.429. The van der Waals surface area contributed by atoms with Gasteiger partial charge in [0.2, 0.25) is 0 Å². The Bertz CT molecular complexity index is 475. The van der Waals surface area contributed by atoms with Crippen LogP contribution < -0.4 is 10.6 Å². The number of amides is 2. The first-order valence-corrected chi connectivity index (χ1v) is 7.36. The summed E-state index contributed by atoms with van der Waals surface area (Å²) >= 11 is 11.9. The van der Waals surface area contributed by atoms with Crippen LogP contribution in [0.15, 0.2) is 18.2 Å². The summed E-state index contributed by atoms with van der Waals surface area (Å²) in [7, 11) is 1.37. The van der Waals surface area contributed by atoms with Gasteiger partial charge in [-0.05, 0) is 25.0 Å². The normalized spacial score (nSPS) is 10.0. The average Bonchev–Trinajstić information content (AvgIpc) is 2.46. The highest BCUT2D eigenvalue weighted by atomic mass is 35.5. The molecule has 0 atom stereocenters. The van der Waals surface area contributed by atoms with Gasteiger partial charge in [-0.1, -0.05) is 35.7 Å². The number of rotatable bonds is 7. The van der Waals surface area contributed by atoms with Crippen LogP contribution in [0.3, 0.4) is 0 Å². The average molecular weight is 333 g/mol. The van der Waals surface area contributed by atoms with Crippen molar-refractivity contribution < 1.29 is 14.3 Å². The Morgan fingerprint density at radius 3 is 2.43 bits per heavy atom. The number of esters is 1. The summed E-state index contributed by atoms with van der Waals surface area (Å²) in [5, 5.41) is 6.08. The lowest BCUT2D eigenvalue weighted by Gasteiger charge is -2.10. The Morgan fingerprint density at radius 2 is 1.81 bits per heavy atom. The van der Waals surface area contributed by atoms with Crippen molar-refractivity contribution in [2.45, 2.75) is 25.7 Å². The van der Waals surface area contributed by atoms with Crippen LogP contribution in [0, 0.1) is 0 Å². The second-order valence-electron chi connectivity index (χ2n) is 4.36. The molecule has 0 fully saturated rings. The van der Waals surface area contributed by atoms with Crippen LogP contribution in [0.4, 0.5) is 10.5 Å². The molecule has 0 aliphatic rings. The summed E-state index contributed by atoms with van der Waals surface area (Å²) in [4.78, 5) is 22.6. The summed E-state index contributed by atoms with van der Waals surface area (Å²) in [5.74, 6) is -0.214. The van der Waals surface area contributed by atoms with E-state index in [1.54, 1.807) is 18.2 Å². The minimum atomic E-state index is -0.363. The van der Waals surface area contributed by atoms with Crippen molar-refractivity contribution >= 4 is 40.9 Å². The van der Waals surface area contributed by atoms with E-state index >= 15 is 0 Å². The first-order valence-electron chi connectivity index (χ1n) is 6.60. The van der Waals surface area contributed by atoms with Gasteiger partial charge in [-0.25, -0.2) is 4.79 Å². The number of para-hydroxylation sites is 1. The summed E-state index contributed by atoms with van der Waals surface area (Å²) < 4.78 is 4.54. The number of ether oxygens (including phenoxy) is 1. The molecule has 0 saturated heterocycles. The van der Waals surface area contributed by atoms with Gasteiger partial charge in [-0.3, -0.25) is 4.79 Å². The minimum Gasteiger partial charge on any atom is -0.469 e. The van der Waals surface area contributed by atoms with E-state index in [9.17, 15) is 9.59 Å². The van der Waals surface area contributed by atoms with E-state index in [1.807, 2.05) is 0 Å². The molecule has 0 spiro atoms. The number of hydrogen-bond donors (Lipinski definition) is 2. The van der Waals surface area contributed by atoms with Gasteiger partial charge < -0.3 is 15.4 Å². The maximum atomic E-state index is 11.7. The maximum absolute atomic E-state index is 11.7. The zero-order valence-electron chi connectivity index (χ0n) is 11.7. The number of benzene rings is 1. The van der Waals surface area contributed by atoms with Gasteiger partial charge in [0.25, 0.3) is 0 Å². The number of unbranched alkanes of at least 4 members (excludes halogenated alkanes) is 2. The molecule has 2 N–H and O–H groups in total. The topological polar surface area (TPSA) is 67.4 Å². The van der Waals surface area contributed by atoms with E-state index in [0.717, 1.165) is 19.3 Å². The van der Waals surface area contributed by atoms with Crippen molar-refractivity contribution in [3.63, 3.8) is 0 Å². The Kier molecular flexibility index (Phi) is 7.93. The number of methoxy groups -OCH3 is 1. The molecule has 5 nitrogen and oxygen atoms in total. The van der Waals surface area contributed by atoms with Gasteiger partial charge in [-0.15, -0.1) is 0 Å². The van der Waals surface area contributed by atoms with E-state index in [1.165, 1.54) is 7.11 Å². The third-order valence-electron chi connectivity index (χ3n) is 2.77. The lowest BCUT2D eigenvalue weighted by atomic mass is 10.2. The van der Waals surface area contributed by atoms with E-state index in [2.05, 4.69) is 15.4 Å². The lowest BCUT2D eigenvalue weighted by molar-refractivity contribution is -0.140. The third kappa shape index (κ3) is 6.69. The van der Waals surface area contributed by atoms with E-state index in [0.29, 0.717) is 28.7 Å². The van der Waals surface area contributed by atoms with E-state index < -0.39 is 0 Å². The van der Waals surface area contributed by atoms with E-state index in [-0.39, 0.29) is 12.0 Å². The molecule has 0 radical (unpaired) electrons. The molecular weight excluding hydrogens is 315 g/mol. The van der Waals surface area contributed by atoms with Crippen LogP contribution in [0.5, 0.6) is 0 Å². The Morgan fingerprint density at radius 1 is 1.14 bits per heavy atom. The SMILES string of the molecule is COC(=O)CCCCCNC(=O)Nc1c(Cl)cccc1Cl. The van der Waals surface area contributed by atoms with Crippen LogP contribution in [-0.4, -0.2) is 25.7 Å². The highest BCUT2D eigenvalue weighted by Crippen LogP contribution is 2.29. The molecule has 0 saturated carbocycles. The molecule has 116 valence electrons. The van der Waals surface area contributed by atoms with Crippen molar-refractivity contribution in [1.29, 1.82) is 0 Å². The Balaban J connectivity index is 2.21. The largest absolute Gasteiger partial charge is 0.469 e. The molecule has 0 aromatic heterocycles. The molecule has 1 aromatic carbocycles. The van der Waals surface area contributed by atoms with Crippen molar-refractivity contribution in [3.05, 3.63) is 28.2 Å². The van der Waals surface area contributed by atoms with Gasteiger partial charge in [0.1, 0.15) is 0 Å². The first-order chi connectivity index (χ1) is 10.0. The summed E-state index contributed by atoms with van der Waals surface area (Å²) in [5.41, 5.74) is 0.393. The molecule has 0 aliphatic heterocycles. The smallest absolute Gasteiger partial charge is 0.319 e. The van der Waals surface area contributed by atoms with Crippen molar-refractivity contribution in [1.82, 2.24) is 5.32 Å². The Labute approximate surface area is 133 Å². The predicted molar refractivity (Wildman–Crippen MR) is 84.0 cm³/mol. The number of hydrogen-bond acceptors (Lipinski definition) is 3. The van der Waals surface area contributed by atoms with Crippen molar-refractivity contribution in [3.8, 4) is 0 Å². The number of urea groups is 1. The minimum absolute atomic E-state index is 0.214. The summed E-state index contributed by atoms with van der Waals surface area (Å²) in [6, 6.07) is 4.64. The fourth-order valence-corrected chi connectivity index (χ4v) is 2.14. The van der Waals surface area contributed by atoms with Gasteiger partial charge in [0, 0.05) is 13.0 Å². The monoisotopic (exact) mass is 332 g/mol. The maximum Gasteiger partial charge on any atom is 0.319 e. The number of nitrogens with one attached hydrogen (secondary N) is 2. The van der Waals surface area contributed by atoms with Gasteiger partial charge >= 0.3 is 12.0 Å². The van der Waals surface area contributed by atoms with Gasteiger partial charge in [-0.2, -0.15) is 0 Å². The molecule has 7 heteroatoms. The molecule has 0 unspecified atom stereocenters. The second kappa shape index (κ2) is 9.47. The van der Waals surface area contributed by atoms with Gasteiger partial charge in [0.05, 0.1) is 22.8 Å². The predicted octanol–water partition coefficient (Wildman–Crippen LogP) is 3.85. The molecule has 0 bridgehead atoms. The molecule has 1 aromatic rings. The fourth-order valence-electron chi connectivity index (χ4n) is 1.65. The molecule has 1 rings (SSSR count). The molecular formula is C14H18Cl2N2O3. The lowest BCUT2D eigenvalue weighted by Crippen LogP contribution is -2.29. The highest BCUT2D eigenvalue weighted by Gasteiger charge is 2.08. The molecule has 0 heterocycles. The summed E-state index contributed by atoms with van der Waals surface area (Å²) in [6.45, 7) is 0.509. The first kappa shape index (κ1) is 17.6. The molecule has 2 amide bonds. The van der Waals surface area contributed by atoms with Crippen molar-refractivity contribution in [2.24, 2.45) is 0 Å². The van der Waals surface area contributed by atoms with Gasteiger partial charge in [0.15, 0.2) is 0 Å². The Hall–Kier alpha value is -1.46. The summed E-state index contributed by atoms with van der Waals surface area (Å²) in [6.07, 6.45) is 2.76. The standard InChI is InChI=1S/C14H18Cl2N2O3/c1-21-12(19)8-3-2-4-9-17-14(20)18-13-10(15)6-5-7-11(13)16/h5-7H,2-4,8-9H2,1H3,(H2,17,18,20). The van der Waals surface area contributed by atoms with Crippen LogP contribution in [0.25, 0.3) is 0 Å². The number of anilines is 1. The highest BCUT2D eigenvalue weighted by molar-refractivity contribution is 6.39.